The van der Waals surface area contributed by atoms with E-state index in [1.54, 1.807) is 12.1 Å². The Bertz CT molecular complexity index is 872. The SMILES string of the molecule is Nc1ccc2nc(Nc3c(F)cccc3F)[nH]c(=O)c2c1. The number of benzene rings is 2. The zero-order chi connectivity index (χ0) is 15.0. The minimum Gasteiger partial charge on any atom is -0.399 e. The summed E-state index contributed by atoms with van der Waals surface area (Å²) in [5.74, 6) is -1.62. The van der Waals surface area contributed by atoms with Crippen LogP contribution in [0.25, 0.3) is 10.9 Å². The summed E-state index contributed by atoms with van der Waals surface area (Å²) in [5, 5.41) is 2.74. The van der Waals surface area contributed by atoms with Crippen LogP contribution in [-0.2, 0) is 0 Å². The first-order valence-corrected chi connectivity index (χ1v) is 6.05. The van der Waals surface area contributed by atoms with Gasteiger partial charge in [0, 0.05) is 5.69 Å². The number of rotatable bonds is 2. The van der Waals surface area contributed by atoms with E-state index in [4.69, 9.17) is 5.73 Å². The van der Waals surface area contributed by atoms with E-state index < -0.39 is 17.2 Å². The van der Waals surface area contributed by atoms with Crippen molar-refractivity contribution in [2.75, 3.05) is 11.1 Å². The van der Waals surface area contributed by atoms with Gasteiger partial charge in [0.1, 0.15) is 17.3 Å². The summed E-state index contributed by atoms with van der Waals surface area (Å²) < 4.78 is 27.1. The van der Waals surface area contributed by atoms with Gasteiger partial charge in [0.2, 0.25) is 5.95 Å². The van der Waals surface area contributed by atoms with Crippen molar-refractivity contribution in [1.29, 1.82) is 0 Å². The molecular weight excluding hydrogens is 278 g/mol. The van der Waals surface area contributed by atoms with Gasteiger partial charge in [-0.2, -0.15) is 0 Å². The van der Waals surface area contributed by atoms with Crippen LogP contribution >= 0.6 is 0 Å². The van der Waals surface area contributed by atoms with Crippen molar-refractivity contribution < 1.29 is 8.78 Å². The van der Waals surface area contributed by atoms with Crippen LogP contribution in [-0.4, -0.2) is 9.97 Å². The maximum Gasteiger partial charge on any atom is 0.260 e. The monoisotopic (exact) mass is 288 g/mol. The summed E-state index contributed by atoms with van der Waals surface area (Å²) >= 11 is 0. The highest BCUT2D eigenvalue weighted by Gasteiger charge is 2.11. The predicted molar refractivity (Wildman–Crippen MR) is 76.4 cm³/mol. The quantitative estimate of drug-likeness (QED) is 0.633. The van der Waals surface area contributed by atoms with E-state index >= 15 is 0 Å². The molecule has 0 aliphatic rings. The molecule has 0 unspecified atom stereocenters. The molecule has 0 aliphatic carbocycles. The van der Waals surface area contributed by atoms with Gasteiger partial charge in [-0.1, -0.05) is 6.07 Å². The summed E-state index contributed by atoms with van der Waals surface area (Å²) in [5.41, 5.74) is 5.56. The molecule has 1 aromatic heterocycles. The van der Waals surface area contributed by atoms with Gasteiger partial charge in [-0.05, 0) is 30.3 Å². The van der Waals surface area contributed by atoms with E-state index in [-0.39, 0.29) is 11.6 Å². The molecule has 0 amide bonds. The molecule has 0 bridgehead atoms. The van der Waals surface area contributed by atoms with Crippen molar-refractivity contribution in [3.05, 3.63) is 58.4 Å². The first-order chi connectivity index (χ1) is 10.0. The van der Waals surface area contributed by atoms with Gasteiger partial charge < -0.3 is 11.1 Å². The smallest absolute Gasteiger partial charge is 0.260 e. The Morgan fingerprint density at radius 2 is 1.86 bits per heavy atom. The van der Waals surface area contributed by atoms with E-state index in [9.17, 15) is 13.6 Å². The van der Waals surface area contributed by atoms with Crippen LogP contribution < -0.4 is 16.6 Å². The number of nitrogens with zero attached hydrogens (tertiary/aromatic N) is 1. The lowest BCUT2D eigenvalue weighted by molar-refractivity contribution is 0.590. The third-order valence-corrected chi connectivity index (χ3v) is 2.94. The Morgan fingerprint density at radius 3 is 2.57 bits per heavy atom. The molecule has 0 atom stereocenters. The van der Waals surface area contributed by atoms with Gasteiger partial charge in [-0.15, -0.1) is 0 Å². The number of aromatic nitrogens is 2. The number of nitrogen functional groups attached to an aromatic ring is 1. The maximum atomic E-state index is 13.6. The number of H-pyrrole nitrogens is 1. The Balaban J connectivity index is 2.10. The van der Waals surface area contributed by atoms with Crippen LogP contribution in [0, 0.1) is 11.6 Å². The molecule has 106 valence electrons. The minimum absolute atomic E-state index is 0.0544. The molecule has 2 aromatic carbocycles. The second kappa shape index (κ2) is 4.86. The topological polar surface area (TPSA) is 83.8 Å². The second-order valence-corrected chi connectivity index (χ2v) is 4.41. The summed E-state index contributed by atoms with van der Waals surface area (Å²) in [7, 11) is 0. The largest absolute Gasteiger partial charge is 0.399 e. The van der Waals surface area contributed by atoms with Crippen LogP contribution in [0.15, 0.2) is 41.2 Å². The third-order valence-electron chi connectivity index (χ3n) is 2.94. The molecule has 3 rings (SSSR count). The predicted octanol–water partition coefficient (Wildman–Crippen LogP) is 2.53. The molecule has 0 saturated heterocycles. The average molecular weight is 288 g/mol. The fourth-order valence-corrected chi connectivity index (χ4v) is 1.95. The molecule has 3 aromatic rings. The van der Waals surface area contributed by atoms with E-state index in [2.05, 4.69) is 15.3 Å². The number of nitrogens with one attached hydrogen (secondary N) is 2. The molecule has 4 N–H and O–H groups in total. The highest BCUT2D eigenvalue weighted by atomic mass is 19.1. The number of halogens is 2. The fourth-order valence-electron chi connectivity index (χ4n) is 1.95. The Morgan fingerprint density at radius 1 is 1.14 bits per heavy atom. The molecule has 0 radical (unpaired) electrons. The summed E-state index contributed by atoms with van der Waals surface area (Å²) in [6.07, 6.45) is 0. The molecule has 7 heteroatoms. The van der Waals surface area contributed by atoms with Crippen molar-refractivity contribution in [2.45, 2.75) is 0 Å². The normalized spacial score (nSPS) is 10.8. The van der Waals surface area contributed by atoms with Crippen molar-refractivity contribution in [1.82, 2.24) is 9.97 Å². The average Bonchev–Trinajstić information content (AvgIpc) is 2.44. The lowest BCUT2D eigenvalue weighted by Gasteiger charge is -2.08. The van der Waals surface area contributed by atoms with E-state index in [1.165, 1.54) is 12.1 Å². The summed E-state index contributed by atoms with van der Waals surface area (Å²) in [6.45, 7) is 0. The van der Waals surface area contributed by atoms with Gasteiger partial charge >= 0.3 is 0 Å². The molecule has 1 heterocycles. The maximum absolute atomic E-state index is 13.6. The van der Waals surface area contributed by atoms with Gasteiger partial charge in [-0.3, -0.25) is 9.78 Å². The summed E-state index contributed by atoms with van der Waals surface area (Å²) in [6, 6.07) is 8.07. The zero-order valence-electron chi connectivity index (χ0n) is 10.7. The highest BCUT2D eigenvalue weighted by Crippen LogP contribution is 2.21. The first kappa shape index (κ1) is 13.0. The molecule has 21 heavy (non-hydrogen) atoms. The first-order valence-electron chi connectivity index (χ1n) is 6.05. The number of fused-ring (bicyclic) bond motifs is 1. The standard InChI is InChI=1S/C14H10F2N4O/c15-9-2-1-3-10(16)12(9)19-14-18-11-5-4-7(17)6-8(11)13(21)20-14/h1-6H,17H2,(H2,18,19,20,21). The second-order valence-electron chi connectivity index (χ2n) is 4.41. The lowest BCUT2D eigenvalue weighted by atomic mass is 10.2. The highest BCUT2D eigenvalue weighted by molar-refractivity contribution is 5.82. The van der Waals surface area contributed by atoms with Crippen molar-refractivity contribution in [3.63, 3.8) is 0 Å². The van der Waals surface area contributed by atoms with Crippen LogP contribution in [0.4, 0.5) is 26.1 Å². The van der Waals surface area contributed by atoms with E-state index in [1.807, 2.05) is 0 Å². The number of aromatic amines is 1. The molecular formula is C14H10F2N4O. The van der Waals surface area contributed by atoms with Crippen LogP contribution in [0.5, 0.6) is 0 Å². The Labute approximate surface area is 117 Å². The fraction of sp³-hybridized carbons (Fsp3) is 0. The molecule has 0 aliphatic heterocycles. The van der Waals surface area contributed by atoms with Crippen LogP contribution in [0.2, 0.25) is 0 Å². The number of hydrogen-bond acceptors (Lipinski definition) is 4. The number of hydrogen-bond donors (Lipinski definition) is 3. The van der Waals surface area contributed by atoms with E-state index in [0.717, 1.165) is 12.1 Å². The van der Waals surface area contributed by atoms with E-state index in [0.29, 0.717) is 16.6 Å². The number of para-hydroxylation sites is 1. The van der Waals surface area contributed by atoms with Gasteiger partial charge in [0.25, 0.3) is 5.56 Å². The molecule has 0 fully saturated rings. The van der Waals surface area contributed by atoms with Gasteiger partial charge in [0.05, 0.1) is 10.9 Å². The lowest BCUT2D eigenvalue weighted by Crippen LogP contribution is -2.12. The summed E-state index contributed by atoms with van der Waals surface area (Å²) in [4.78, 5) is 18.4. The van der Waals surface area contributed by atoms with Gasteiger partial charge in [-0.25, -0.2) is 13.8 Å². The molecule has 0 spiro atoms. The van der Waals surface area contributed by atoms with Crippen molar-refractivity contribution >= 4 is 28.2 Å². The van der Waals surface area contributed by atoms with Crippen molar-refractivity contribution in [2.24, 2.45) is 0 Å². The third kappa shape index (κ3) is 2.40. The number of nitrogens with two attached hydrogens (primary N) is 1. The van der Waals surface area contributed by atoms with Crippen LogP contribution in [0.3, 0.4) is 0 Å². The number of anilines is 3. The minimum atomic E-state index is -0.782. The Kier molecular flexibility index (Phi) is 3.02. The Hall–Kier alpha value is -2.96. The molecule has 5 nitrogen and oxygen atoms in total. The van der Waals surface area contributed by atoms with Crippen molar-refractivity contribution in [3.8, 4) is 0 Å². The zero-order valence-corrected chi connectivity index (χ0v) is 10.7. The molecule has 0 saturated carbocycles. The van der Waals surface area contributed by atoms with Crippen LogP contribution in [0.1, 0.15) is 0 Å². The van der Waals surface area contributed by atoms with Gasteiger partial charge in [0.15, 0.2) is 0 Å².